The Bertz CT molecular complexity index is 599. The van der Waals surface area contributed by atoms with E-state index in [1.54, 1.807) is 6.20 Å². The van der Waals surface area contributed by atoms with Crippen LogP contribution in [0.25, 0.3) is 0 Å². The Kier molecular flexibility index (Phi) is 4.08. The minimum atomic E-state index is 0.616. The van der Waals surface area contributed by atoms with E-state index in [0.717, 1.165) is 38.3 Å². The zero-order valence-electron chi connectivity index (χ0n) is 11.4. The van der Waals surface area contributed by atoms with E-state index in [-0.39, 0.29) is 0 Å². The molecule has 0 spiro atoms. The van der Waals surface area contributed by atoms with Crippen molar-refractivity contribution in [2.75, 3.05) is 23.3 Å². The number of hydrogen-bond acceptors (Lipinski definition) is 5. The Balaban J connectivity index is 1.83. The van der Waals surface area contributed by atoms with E-state index in [1.807, 2.05) is 11.3 Å². The van der Waals surface area contributed by atoms with Gasteiger partial charge in [0.2, 0.25) is 5.95 Å². The molecule has 20 heavy (non-hydrogen) atoms. The fourth-order valence-electron chi connectivity index (χ4n) is 2.33. The number of aromatic nitrogens is 2. The maximum Gasteiger partial charge on any atom is 0.224 e. The smallest absolute Gasteiger partial charge is 0.224 e. The van der Waals surface area contributed by atoms with Crippen LogP contribution in [0.2, 0.25) is 5.02 Å². The molecule has 0 atom stereocenters. The second kappa shape index (κ2) is 5.97. The minimum Gasteiger partial charge on any atom is -0.354 e. The normalized spacial score (nSPS) is 14.2. The van der Waals surface area contributed by atoms with Gasteiger partial charge in [0.15, 0.2) is 5.82 Å². The lowest BCUT2D eigenvalue weighted by Gasteiger charge is -2.28. The summed E-state index contributed by atoms with van der Waals surface area (Å²) in [5.74, 6) is 1.49. The van der Waals surface area contributed by atoms with E-state index in [9.17, 15) is 0 Å². The van der Waals surface area contributed by atoms with Gasteiger partial charge in [-0.3, -0.25) is 0 Å². The molecule has 0 saturated heterocycles. The first-order valence-electron chi connectivity index (χ1n) is 6.84. The van der Waals surface area contributed by atoms with Crippen LogP contribution in [0.3, 0.4) is 0 Å². The molecule has 0 amide bonds. The molecule has 4 nitrogen and oxygen atoms in total. The summed E-state index contributed by atoms with van der Waals surface area (Å²) < 4.78 is 0. The molecule has 1 aliphatic rings. The van der Waals surface area contributed by atoms with Gasteiger partial charge in [0, 0.05) is 24.5 Å². The fraction of sp³-hybridized carbons (Fsp3) is 0.429. The molecule has 0 fully saturated rings. The van der Waals surface area contributed by atoms with Crippen LogP contribution < -0.4 is 10.2 Å². The number of nitrogens with zero attached hydrogens (tertiary/aromatic N) is 3. The highest BCUT2D eigenvalue weighted by molar-refractivity contribution is 7.10. The van der Waals surface area contributed by atoms with Crippen LogP contribution in [0.4, 0.5) is 11.8 Å². The van der Waals surface area contributed by atoms with Crippen molar-refractivity contribution in [1.29, 1.82) is 0 Å². The van der Waals surface area contributed by atoms with Crippen LogP contribution in [0, 0.1) is 0 Å². The fourth-order valence-corrected chi connectivity index (χ4v) is 3.43. The Hall–Kier alpha value is -1.33. The largest absolute Gasteiger partial charge is 0.354 e. The third-order valence-electron chi connectivity index (χ3n) is 3.37. The van der Waals surface area contributed by atoms with Crippen molar-refractivity contribution in [2.24, 2.45) is 0 Å². The zero-order chi connectivity index (χ0) is 13.9. The molecule has 3 heterocycles. The Labute approximate surface area is 127 Å². The van der Waals surface area contributed by atoms with Gasteiger partial charge in [0.05, 0.1) is 6.20 Å². The molecule has 106 valence electrons. The average molecular weight is 309 g/mol. The molecule has 0 saturated carbocycles. The summed E-state index contributed by atoms with van der Waals surface area (Å²) in [6.07, 6.45) is 3.79. The lowest BCUT2D eigenvalue weighted by atomic mass is 10.1. The highest BCUT2D eigenvalue weighted by Gasteiger charge is 2.20. The van der Waals surface area contributed by atoms with Crippen molar-refractivity contribution < 1.29 is 0 Å². The summed E-state index contributed by atoms with van der Waals surface area (Å²) in [5.41, 5.74) is 1.39. The van der Waals surface area contributed by atoms with Crippen molar-refractivity contribution in [2.45, 2.75) is 26.3 Å². The van der Waals surface area contributed by atoms with E-state index < -0.39 is 0 Å². The quantitative estimate of drug-likeness (QED) is 0.937. The summed E-state index contributed by atoms with van der Waals surface area (Å²) in [4.78, 5) is 12.5. The number of hydrogen-bond donors (Lipinski definition) is 1. The second-order valence-corrected chi connectivity index (χ2v) is 6.24. The number of anilines is 2. The van der Waals surface area contributed by atoms with Crippen molar-refractivity contribution in [1.82, 2.24) is 9.97 Å². The standard InChI is InChI=1S/C14H17ClN4S/c1-2-5-16-14-17-8-11(15)13(18-14)19-6-3-12-10(9-19)4-7-20-12/h4,7-8H,2-3,5-6,9H2,1H3,(H,16,17,18). The average Bonchev–Trinajstić information content (AvgIpc) is 2.93. The predicted octanol–water partition coefficient (Wildman–Crippen LogP) is 3.58. The van der Waals surface area contributed by atoms with Crippen LogP contribution in [-0.4, -0.2) is 23.1 Å². The van der Waals surface area contributed by atoms with Crippen LogP contribution in [-0.2, 0) is 13.0 Å². The molecule has 0 aromatic carbocycles. The molecule has 3 rings (SSSR count). The summed E-state index contributed by atoms with van der Waals surface area (Å²) >= 11 is 8.11. The van der Waals surface area contributed by atoms with Crippen LogP contribution in [0.5, 0.6) is 0 Å². The molecule has 2 aromatic rings. The topological polar surface area (TPSA) is 41.1 Å². The van der Waals surface area contributed by atoms with Gasteiger partial charge in [-0.05, 0) is 29.9 Å². The van der Waals surface area contributed by atoms with Crippen molar-refractivity contribution in [3.05, 3.63) is 33.1 Å². The van der Waals surface area contributed by atoms with Crippen LogP contribution in [0.15, 0.2) is 17.6 Å². The van der Waals surface area contributed by atoms with E-state index >= 15 is 0 Å². The van der Waals surface area contributed by atoms with Crippen LogP contribution >= 0.6 is 22.9 Å². The third kappa shape index (κ3) is 2.74. The van der Waals surface area contributed by atoms with Crippen molar-refractivity contribution >= 4 is 34.7 Å². The Morgan fingerprint density at radius 3 is 3.25 bits per heavy atom. The van der Waals surface area contributed by atoms with E-state index in [1.165, 1.54) is 10.4 Å². The number of nitrogens with one attached hydrogen (secondary N) is 1. The van der Waals surface area contributed by atoms with Gasteiger partial charge >= 0.3 is 0 Å². The van der Waals surface area contributed by atoms with Crippen molar-refractivity contribution in [3.63, 3.8) is 0 Å². The van der Waals surface area contributed by atoms with Gasteiger partial charge in [-0.1, -0.05) is 18.5 Å². The van der Waals surface area contributed by atoms with Gasteiger partial charge in [0.25, 0.3) is 0 Å². The van der Waals surface area contributed by atoms with Gasteiger partial charge in [-0.25, -0.2) is 4.98 Å². The number of fused-ring (bicyclic) bond motifs is 1. The molecule has 2 aromatic heterocycles. The van der Waals surface area contributed by atoms with Crippen LogP contribution in [0.1, 0.15) is 23.8 Å². The lowest BCUT2D eigenvalue weighted by molar-refractivity contribution is 0.730. The summed E-state index contributed by atoms with van der Waals surface area (Å²) in [7, 11) is 0. The Morgan fingerprint density at radius 2 is 2.40 bits per heavy atom. The molecule has 6 heteroatoms. The van der Waals surface area contributed by atoms with E-state index in [2.05, 4.69) is 38.6 Å². The first-order chi connectivity index (χ1) is 9.78. The molecule has 1 aliphatic heterocycles. The maximum atomic E-state index is 6.27. The van der Waals surface area contributed by atoms with E-state index in [0.29, 0.717) is 11.0 Å². The lowest BCUT2D eigenvalue weighted by Crippen LogP contribution is -2.30. The summed E-state index contributed by atoms with van der Waals surface area (Å²) in [6, 6.07) is 2.19. The van der Waals surface area contributed by atoms with Gasteiger partial charge in [-0.15, -0.1) is 11.3 Å². The Morgan fingerprint density at radius 1 is 1.50 bits per heavy atom. The number of thiophene rings is 1. The molecule has 0 bridgehead atoms. The zero-order valence-corrected chi connectivity index (χ0v) is 13.0. The molecular formula is C14H17ClN4S. The SMILES string of the molecule is CCCNc1ncc(Cl)c(N2CCc3sccc3C2)n1. The first-order valence-corrected chi connectivity index (χ1v) is 8.10. The number of halogens is 1. The number of rotatable bonds is 4. The van der Waals surface area contributed by atoms with E-state index in [4.69, 9.17) is 11.6 Å². The van der Waals surface area contributed by atoms with Gasteiger partial charge < -0.3 is 10.2 Å². The highest BCUT2D eigenvalue weighted by atomic mass is 35.5. The second-order valence-electron chi connectivity index (χ2n) is 4.83. The first kappa shape index (κ1) is 13.6. The predicted molar refractivity (Wildman–Crippen MR) is 84.9 cm³/mol. The molecular weight excluding hydrogens is 292 g/mol. The highest BCUT2D eigenvalue weighted by Crippen LogP contribution is 2.30. The summed E-state index contributed by atoms with van der Waals surface area (Å²) in [6.45, 7) is 4.82. The maximum absolute atomic E-state index is 6.27. The third-order valence-corrected chi connectivity index (χ3v) is 4.66. The summed E-state index contributed by atoms with van der Waals surface area (Å²) in [5, 5.41) is 5.98. The molecule has 0 radical (unpaired) electrons. The monoisotopic (exact) mass is 308 g/mol. The minimum absolute atomic E-state index is 0.616. The molecule has 0 unspecified atom stereocenters. The van der Waals surface area contributed by atoms with Gasteiger partial charge in [0.1, 0.15) is 5.02 Å². The molecule has 0 aliphatic carbocycles. The molecule has 1 N–H and O–H groups in total. The van der Waals surface area contributed by atoms with Crippen molar-refractivity contribution in [3.8, 4) is 0 Å². The van der Waals surface area contributed by atoms with Gasteiger partial charge in [-0.2, -0.15) is 4.98 Å².